The molecule has 0 saturated carbocycles. The zero-order valence-electron chi connectivity index (χ0n) is 12.8. The highest BCUT2D eigenvalue weighted by Crippen LogP contribution is 2.42. The third kappa shape index (κ3) is 1.88. The maximum absolute atomic E-state index is 12.8. The lowest BCUT2D eigenvalue weighted by molar-refractivity contribution is -0.132. The highest BCUT2D eigenvalue weighted by Gasteiger charge is 2.59. The summed E-state index contributed by atoms with van der Waals surface area (Å²) in [5, 5.41) is 0. The average molecular weight is 290 g/mol. The summed E-state index contributed by atoms with van der Waals surface area (Å²) in [7, 11) is -0.407. The van der Waals surface area contributed by atoms with Gasteiger partial charge in [0, 0.05) is 7.05 Å². The second-order valence-electron chi connectivity index (χ2n) is 6.23. The van der Waals surface area contributed by atoms with Crippen molar-refractivity contribution in [1.29, 1.82) is 0 Å². The fourth-order valence-electron chi connectivity index (χ4n) is 3.11. The van der Waals surface area contributed by atoms with Gasteiger partial charge in [-0.25, -0.2) is 4.79 Å². The third-order valence-corrected chi connectivity index (χ3v) is 5.87. The standard InChI is InChI=1S/C15H22N2O2Si/c1-6-15(12-10-8-7-9-11-12)13(18)16(2)14(19)17(15)20(3,4)5/h7-11H,6H2,1-5H3. The summed E-state index contributed by atoms with van der Waals surface area (Å²) in [5.74, 6) is -0.112. The van der Waals surface area contributed by atoms with E-state index in [-0.39, 0.29) is 11.9 Å². The Balaban J connectivity index is 2.70. The Labute approximate surface area is 121 Å². The molecule has 3 amide bonds. The van der Waals surface area contributed by atoms with Crippen LogP contribution in [0.3, 0.4) is 0 Å². The van der Waals surface area contributed by atoms with Crippen molar-refractivity contribution in [1.82, 2.24) is 9.47 Å². The summed E-state index contributed by atoms with van der Waals surface area (Å²) < 4.78 is 1.86. The van der Waals surface area contributed by atoms with E-state index in [1.807, 2.05) is 41.8 Å². The molecule has 0 spiro atoms. The molecule has 1 aromatic rings. The Morgan fingerprint density at radius 3 is 2.10 bits per heavy atom. The number of hydrogen-bond donors (Lipinski definition) is 0. The topological polar surface area (TPSA) is 40.6 Å². The van der Waals surface area contributed by atoms with E-state index in [0.717, 1.165) is 5.56 Å². The molecular weight excluding hydrogens is 268 g/mol. The average Bonchev–Trinajstić information content (AvgIpc) is 2.61. The second kappa shape index (κ2) is 4.73. The van der Waals surface area contributed by atoms with Crippen molar-refractivity contribution in [2.45, 2.75) is 38.5 Å². The lowest BCUT2D eigenvalue weighted by Gasteiger charge is -2.42. The van der Waals surface area contributed by atoms with E-state index in [2.05, 4.69) is 19.6 Å². The zero-order valence-corrected chi connectivity index (χ0v) is 13.8. The van der Waals surface area contributed by atoms with Crippen LogP contribution in [0.25, 0.3) is 0 Å². The van der Waals surface area contributed by atoms with Gasteiger partial charge < -0.3 is 4.57 Å². The molecule has 1 aromatic carbocycles. The molecule has 1 fully saturated rings. The second-order valence-corrected chi connectivity index (χ2v) is 11.0. The van der Waals surface area contributed by atoms with Crippen LogP contribution in [0.1, 0.15) is 18.9 Å². The van der Waals surface area contributed by atoms with Crippen molar-refractivity contribution in [3.05, 3.63) is 35.9 Å². The van der Waals surface area contributed by atoms with Crippen molar-refractivity contribution >= 4 is 20.2 Å². The molecule has 0 aromatic heterocycles. The van der Waals surface area contributed by atoms with Crippen molar-refractivity contribution in [2.24, 2.45) is 0 Å². The van der Waals surface area contributed by atoms with Gasteiger partial charge in [-0.15, -0.1) is 0 Å². The maximum Gasteiger partial charge on any atom is 0.319 e. The number of urea groups is 1. The molecule has 0 aliphatic carbocycles. The maximum atomic E-state index is 12.8. The number of carbonyl (C=O) groups is 2. The van der Waals surface area contributed by atoms with Gasteiger partial charge in [-0.05, 0) is 12.0 Å². The number of nitrogens with zero attached hydrogens (tertiary/aromatic N) is 2. The van der Waals surface area contributed by atoms with Crippen LogP contribution < -0.4 is 0 Å². The predicted molar refractivity (Wildman–Crippen MR) is 81.8 cm³/mol. The molecule has 1 atom stereocenters. The van der Waals surface area contributed by atoms with Gasteiger partial charge in [0.05, 0.1) is 0 Å². The lowest BCUT2D eigenvalue weighted by Crippen LogP contribution is -2.58. The first kappa shape index (κ1) is 14.8. The minimum atomic E-state index is -1.99. The molecule has 5 heteroatoms. The van der Waals surface area contributed by atoms with Crippen LogP contribution in [-0.4, -0.2) is 36.7 Å². The Hall–Kier alpha value is -1.62. The molecule has 1 saturated heterocycles. The normalized spacial score (nSPS) is 23.6. The van der Waals surface area contributed by atoms with Crippen LogP contribution in [0.2, 0.25) is 19.6 Å². The number of carbonyl (C=O) groups excluding carboxylic acids is 2. The SMILES string of the molecule is CCC1(c2ccccc2)C(=O)N(C)C(=O)N1[Si](C)(C)C. The van der Waals surface area contributed by atoms with E-state index in [1.54, 1.807) is 7.05 Å². The molecule has 1 aliphatic rings. The number of amides is 3. The van der Waals surface area contributed by atoms with Crippen LogP contribution in [0, 0.1) is 0 Å². The first-order valence-electron chi connectivity index (χ1n) is 6.94. The minimum Gasteiger partial charge on any atom is -0.335 e. The minimum absolute atomic E-state index is 0.112. The summed E-state index contributed by atoms with van der Waals surface area (Å²) >= 11 is 0. The van der Waals surface area contributed by atoms with Gasteiger partial charge in [0.15, 0.2) is 8.24 Å². The van der Waals surface area contributed by atoms with Gasteiger partial charge >= 0.3 is 6.03 Å². The molecular formula is C15H22N2O2Si. The van der Waals surface area contributed by atoms with Crippen molar-refractivity contribution in [3.63, 3.8) is 0 Å². The lowest BCUT2D eigenvalue weighted by atomic mass is 9.87. The molecule has 0 bridgehead atoms. The fraction of sp³-hybridized carbons (Fsp3) is 0.467. The summed E-state index contributed by atoms with van der Waals surface area (Å²) in [6.45, 7) is 8.28. The van der Waals surface area contributed by atoms with Crippen molar-refractivity contribution in [2.75, 3.05) is 7.05 Å². The third-order valence-electron chi connectivity index (χ3n) is 3.95. The molecule has 1 heterocycles. The zero-order chi connectivity index (χ0) is 15.1. The van der Waals surface area contributed by atoms with Crippen LogP contribution >= 0.6 is 0 Å². The highest BCUT2D eigenvalue weighted by atomic mass is 28.3. The molecule has 1 unspecified atom stereocenters. The molecule has 0 radical (unpaired) electrons. The van der Waals surface area contributed by atoms with Gasteiger partial charge in [-0.1, -0.05) is 56.9 Å². The van der Waals surface area contributed by atoms with Crippen LogP contribution in [0.15, 0.2) is 30.3 Å². The van der Waals surface area contributed by atoms with Crippen LogP contribution in [-0.2, 0) is 10.3 Å². The van der Waals surface area contributed by atoms with Gasteiger partial charge in [-0.2, -0.15) is 0 Å². The van der Waals surface area contributed by atoms with E-state index < -0.39 is 13.8 Å². The summed E-state index contributed by atoms with van der Waals surface area (Å²) in [5.41, 5.74) is 0.0741. The fourth-order valence-corrected chi connectivity index (χ4v) is 5.36. The van der Waals surface area contributed by atoms with Gasteiger partial charge in [0.1, 0.15) is 5.54 Å². The monoisotopic (exact) mass is 290 g/mol. The van der Waals surface area contributed by atoms with Crippen LogP contribution in [0.4, 0.5) is 4.79 Å². The number of hydrogen-bond acceptors (Lipinski definition) is 2. The van der Waals surface area contributed by atoms with Crippen molar-refractivity contribution in [3.8, 4) is 0 Å². The molecule has 1 aliphatic heterocycles. The predicted octanol–water partition coefficient (Wildman–Crippen LogP) is 3.02. The molecule has 20 heavy (non-hydrogen) atoms. The highest BCUT2D eigenvalue weighted by molar-refractivity contribution is 6.76. The number of benzene rings is 1. The summed E-state index contributed by atoms with van der Waals surface area (Å²) in [6, 6.07) is 9.49. The van der Waals surface area contributed by atoms with Gasteiger partial charge in [0.25, 0.3) is 5.91 Å². The Kier molecular flexibility index (Phi) is 3.50. The Morgan fingerprint density at radius 1 is 1.10 bits per heavy atom. The van der Waals surface area contributed by atoms with E-state index in [4.69, 9.17) is 0 Å². The quantitative estimate of drug-likeness (QED) is 0.634. The smallest absolute Gasteiger partial charge is 0.319 e. The number of imide groups is 1. The van der Waals surface area contributed by atoms with Crippen LogP contribution in [0.5, 0.6) is 0 Å². The largest absolute Gasteiger partial charge is 0.335 e. The first-order chi connectivity index (χ1) is 9.26. The van der Waals surface area contributed by atoms with Gasteiger partial charge in [-0.3, -0.25) is 9.69 Å². The molecule has 4 nitrogen and oxygen atoms in total. The van der Waals surface area contributed by atoms with Crippen molar-refractivity contribution < 1.29 is 9.59 Å². The van der Waals surface area contributed by atoms with E-state index >= 15 is 0 Å². The molecule has 2 rings (SSSR count). The summed E-state index contributed by atoms with van der Waals surface area (Å²) in [6.07, 6.45) is 0.593. The number of rotatable bonds is 3. The van der Waals surface area contributed by atoms with Gasteiger partial charge in [0.2, 0.25) is 0 Å². The molecule has 0 N–H and O–H groups in total. The Bertz CT molecular complexity index is 539. The first-order valence-corrected chi connectivity index (χ1v) is 10.4. The molecule has 108 valence electrons. The Morgan fingerprint density at radius 2 is 1.65 bits per heavy atom. The van der Waals surface area contributed by atoms with E-state index in [1.165, 1.54) is 4.90 Å². The van der Waals surface area contributed by atoms with E-state index in [9.17, 15) is 9.59 Å². The summed E-state index contributed by atoms with van der Waals surface area (Å²) in [4.78, 5) is 26.7. The number of likely N-dealkylation sites (N-methyl/N-ethyl adjacent to an activating group) is 1. The van der Waals surface area contributed by atoms with E-state index in [0.29, 0.717) is 6.42 Å².